The molecular formula is C16H14N4OS. The number of aromatic nitrogens is 2. The van der Waals surface area contributed by atoms with Crippen LogP contribution in [0.4, 0.5) is 0 Å². The summed E-state index contributed by atoms with van der Waals surface area (Å²) in [6, 6.07) is 9.37. The molecule has 1 aliphatic rings. The average molecular weight is 310 g/mol. The first-order valence-electron chi connectivity index (χ1n) is 6.81. The van der Waals surface area contributed by atoms with Gasteiger partial charge in [-0.3, -0.25) is 0 Å². The summed E-state index contributed by atoms with van der Waals surface area (Å²) in [5.41, 5.74) is 1.59. The van der Waals surface area contributed by atoms with E-state index in [-0.39, 0.29) is 11.8 Å². The molecule has 0 aliphatic heterocycles. The Labute approximate surface area is 131 Å². The second-order valence-electron chi connectivity index (χ2n) is 4.93. The molecule has 1 N–H and O–H groups in total. The van der Waals surface area contributed by atoms with Crippen molar-refractivity contribution >= 4 is 11.3 Å². The van der Waals surface area contributed by atoms with Crippen LogP contribution >= 0.6 is 11.3 Å². The van der Waals surface area contributed by atoms with Gasteiger partial charge in [-0.2, -0.15) is 10.4 Å². The molecule has 1 heterocycles. The highest BCUT2D eigenvalue weighted by Gasteiger charge is 2.10. The van der Waals surface area contributed by atoms with Gasteiger partial charge < -0.3 is 5.11 Å². The Morgan fingerprint density at radius 1 is 1.41 bits per heavy atom. The van der Waals surface area contributed by atoms with Gasteiger partial charge in [-0.1, -0.05) is 29.5 Å². The number of hydrogen-bond donors (Lipinski definition) is 1. The normalized spacial score (nSPS) is 18.1. The zero-order valence-electron chi connectivity index (χ0n) is 12.0. The number of benzene rings is 1. The van der Waals surface area contributed by atoms with Crippen molar-refractivity contribution in [3.63, 3.8) is 0 Å². The van der Waals surface area contributed by atoms with Gasteiger partial charge in [-0.25, -0.2) is 9.67 Å². The molecule has 1 aliphatic carbocycles. The number of nitrogens with zero attached hydrogens (tertiary/aromatic N) is 4. The van der Waals surface area contributed by atoms with Crippen molar-refractivity contribution in [1.82, 2.24) is 9.78 Å². The van der Waals surface area contributed by atoms with Crippen LogP contribution in [0.25, 0.3) is 10.6 Å². The van der Waals surface area contributed by atoms with Gasteiger partial charge in [0.25, 0.3) is 0 Å². The molecule has 22 heavy (non-hydrogen) atoms. The first kappa shape index (κ1) is 14.3. The highest BCUT2D eigenvalue weighted by Crippen LogP contribution is 2.20. The summed E-state index contributed by atoms with van der Waals surface area (Å²) in [5, 5.41) is 23.7. The summed E-state index contributed by atoms with van der Waals surface area (Å²) >= 11 is 1.49. The molecule has 6 heteroatoms. The molecule has 0 spiro atoms. The van der Waals surface area contributed by atoms with Crippen LogP contribution in [0.5, 0.6) is 0 Å². The summed E-state index contributed by atoms with van der Waals surface area (Å²) in [7, 11) is 1.85. The van der Waals surface area contributed by atoms with Crippen molar-refractivity contribution < 1.29 is 5.11 Å². The molecule has 0 amide bonds. The van der Waals surface area contributed by atoms with Crippen molar-refractivity contribution in [2.75, 3.05) is 0 Å². The minimum Gasteiger partial charge on any atom is -0.508 e. The second-order valence-corrected chi connectivity index (χ2v) is 5.88. The number of allylic oxidation sites excluding steroid dienone is 1. The maximum atomic E-state index is 9.53. The Balaban J connectivity index is 1.93. The molecule has 0 bridgehead atoms. The fourth-order valence-corrected chi connectivity index (χ4v) is 3.10. The van der Waals surface area contributed by atoms with Crippen molar-refractivity contribution in [1.29, 1.82) is 5.26 Å². The van der Waals surface area contributed by atoms with Crippen molar-refractivity contribution in [2.24, 2.45) is 12.0 Å². The van der Waals surface area contributed by atoms with E-state index in [1.165, 1.54) is 11.3 Å². The van der Waals surface area contributed by atoms with Crippen LogP contribution in [0, 0.1) is 11.3 Å². The highest BCUT2D eigenvalue weighted by atomic mass is 32.1. The third-order valence-corrected chi connectivity index (χ3v) is 4.34. The molecule has 2 aromatic rings. The zero-order chi connectivity index (χ0) is 15.5. The van der Waals surface area contributed by atoms with Crippen LogP contribution in [0.2, 0.25) is 0 Å². The molecule has 0 saturated carbocycles. The quantitative estimate of drug-likeness (QED) is 0.926. The van der Waals surface area contributed by atoms with E-state index in [1.807, 2.05) is 25.3 Å². The minimum atomic E-state index is -0.0644. The predicted molar refractivity (Wildman–Crippen MR) is 85.1 cm³/mol. The lowest BCUT2D eigenvalue weighted by atomic mass is 10.1. The van der Waals surface area contributed by atoms with E-state index in [4.69, 9.17) is 5.26 Å². The fraction of sp³-hybridized carbons (Fsp3) is 0.188. The van der Waals surface area contributed by atoms with E-state index in [0.717, 1.165) is 21.8 Å². The number of nitriles is 1. The van der Waals surface area contributed by atoms with Gasteiger partial charge in [0.15, 0.2) is 0 Å². The number of aliphatic hydroxyl groups is 1. The Hall–Kier alpha value is -2.65. The molecule has 0 radical (unpaired) electrons. The van der Waals surface area contributed by atoms with E-state index in [0.29, 0.717) is 5.56 Å². The summed E-state index contributed by atoms with van der Waals surface area (Å²) in [6.45, 7) is 0. The first-order chi connectivity index (χ1) is 10.7. The summed E-state index contributed by atoms with van der Waals surface area (Å²) in [4.78, 5) is 5.42. The third-order valence-electron chi connectivity index (χ3n) is 3.27. The summed E-state index contributed by atoms with van der Waals surface area (Å²) in [6.07, 6.45) is 6.10. The number of hydrogen-bond acceptors (Lipinski definition) is 5. The van der Waals surface area contributed by atoms with E-state index in [2.05, 4.69) is 16.2 Å². The molecule has 110 valence electrons. The molecule has 3 rings (SSSR count). The van der Waals surface area contributed by atoms with Crippen molar-refractivity contribution in [3.05, 3.63) is 58.6 Å². The zero-order valence-corrected chi connectivity index (χ0v) is 12.8. The van der Waals surface area contributed by atoms with E-state index < -0.39 is 0 Å². The lowest BCUT2D eigenvalue weighted by Crippen LogP contribution is -2.16. The number of aliphatic hydroxyl groups excluding tert-OH is 1. The van der Waals surface area contributed by atoms with Crippen LogP contribution in [-0.4, -0.2) is 20.9 Å². The van der Waals surface area contributed by atoms with Crippen LogP contribution in [-0.2, 0) is 7.05 Å². The van der Waals surface area contributed by atoms with Gasteiger partial charge in [0.05, 0.1) is 17.7 Å². The van der Waals surface area contributed by atoms with Gasteiger partial charge in [0, 0.05) is 12.6 Å². The van der Waals surface area contributed by atoms with E-state index in [9.17, 15) is 5.11 Å². The Morgan fingerprint density at radius 3 is 2.86 bits per heavy atom. The smallest absolute Gasteiger partial charge is 0.203 e. The molecule has 1 aromatic heterocycles. The third kappa shape index (κ3) is 3.00. The molecule has 0 fully saturated rings. The Bertz CT molecular complexity index is 850. The van der Waals surface area contributed by atoms with Crippen molar-refractivity contribution in [2.45, 2.75) is 12.5 Å². The fourth-order valence-electron chi connectivity index (χ4n) is 2.15. The van der Waals surface area contributed by atoms with Crippen LogP contribution in [0.1, 0.15) is 12.0 Å². The first-order valence-corrected chi connectivity index (χ1v) is 7.63. The SMILES string of the molecule is Cn1nc(-c2ccc(C#N)cc2)sc1=NC1C=C(O)C=CC1. The van der Waals surface area contributed by atoms with Crippen LogP contribution in [0.3, 0.4) is 0 Å². The van der Waals surface area contributed by atoms with Crippen LogP contribution < -0.4 is 4.80 Å². The minimum absolute atomic E-state index is 0.0644. The van der Waals surface area contributed by atoms with E-state index >= 15 is 0 Å². The molecular weight excluding hydrogens is 296 g/mol. The number of rotatable bonds is 2. The second kappa shape index (κ2) is 6.00. The van der Waals surface area contributed by atoms with Gasteiger partial charge in [0.2, 0.25) is 4.80 Å². The molecule has 1 unspecified atom stereocenters. The summed E-state index contributed by atoms with van der Waals surface area (Å²) in [5.74, 6) is 0.250. The lowest BCUT2D eigenvalue weighted by Gasteiger charge is -2.08. The molecule has 1 aromatic carbocycles. The van der Waals surface area contributed by atoms with Gasteiger partial charge >= 0.3 is 0 Å². The molecule has 0 saturated heterocycles. The molecule has 5 nitrogen and oxygen atoms in total. The van der Waals surface area contributed by atoms with Gasteiger partial charge in [-0.15, -0.1) is 0 Å². The maximum Gasteiger partial charge on any atom is 0.203 e. The number of aryl methyl sites for hydroxylation is 1. The predicted octanol–water partition coefficient (Wildman–Crippen LogP) is 2.69. The lowest BCUT2D eigenvalue weighted by molar-refractivity contribution is 0.423. The standard InChI is InChI=1S/C16H14N4OS/c1-20-16(18-13-3-2-4-14(21)9-13)22-15(19-20)12-7-5-11(10-17)6-8-12/h2,4-9,13,21H,3H2,1H3. The van der Waals surface area contributed by atoms with Gasteiger partial charge in [-0.05, 0) is 30.7 Å². The largest absolute Gasteiger partial charge is 0.508 e. The molecule has 1 atom stereocenters. The average Bonchev–Trinajstić information content (AvgIpc) is 2.88. The van der Waals surface area contributed by atoms with Crippen LogP contribution in [0.15, 0.2) is 53.2 Å². The Kier molecular flexibility index (Phi) is 3.90. The van der Waals surface area contributed by atoms with Crippen molar-refractivity contribution in [3.8, 4) is 16.6 Å². The van der Waals surface area contributed by atoms with Gasteiger partial charge in [0.1, 0.15) is 10.8 Å². The maximum absolute atomic E-state index is 9.53. The monoisotopic (exact) mass is 310 g/mol. The van der Waals surface area contributed by atoms with E-state index in [1.54, 1.807) is 29.0 Å². The topological polar surface area (TPSA) is 74.2 Å². The summed E-state index contributed by atoms with van der Waals surface area (Å²) < 4.78 is 1.74. The highest BCUT2D eigenvalue weighted by molar-refractivity contribution is 7.12. The Morgan fingerprint density at radius 2 is 2.18 bits per heavy atom.